The van der Waals surface area contributed by atoms with Crippen LogP contribution in [0.15, 0.2) is 67.8 Å². The maximum absolute atomic E-state index is 14.8. The lowest BCUT2D eigenvalue weighted by Crippen LogP contribution is -2.48. The predicted molar refractivity (Wildman–Crippen MR) is 143 cm³/mol. The van der Waals surface area contributed by atoms with Crippen LogP contribution in [0.2, 0.25) is 0 Å². The molecule has 0 spiro atoms. The Morgan fingerprint density at radius 1 is 1.18 bits per heavy atom. The summed E-state index contributed by atoms with van der Waals surface area (Å²) in [6, 6.07) is 10.9. The number of benzene rings is 2. The van der Waals surface area contributed by atoms with Gasteiger partial charge in [-0.2, -0.15) is 5.10 Å². The summed E-state index contributed by atoms with van der Waals surface area (Å²) in [6.07, 6.45) is 4.45. The second-order valence-electron chi connectivity index (χ2n) is 9.61. The fraction of sp³-hybridized carbons (Fsp3) is 0.393. The van der Waals surface area contributed by atoms with Gasteiger partial charge in [0.15, 0.2) is 0 Å². The molecule has 1 N–H and O–H groups in total. The molecule has 1 saturated heterocycles. The SMILES string of the molecule is C=CCN(CCOc1ccc(N2CCN(C(C)=O)CC2)cc1)CC(O)(Cn1cncn1)c1ccc(F)cc1F. The minimum atomic E-state index is -1.72. The van der Waals surface area contributed by atoms with Crippen LogP contribution >= 0.6 is 0 Å². The molecule has 3 aromatic rings. The van der Waals surface area contributed by atoms with Crippen molar-refractivity contribution in [3.05, 3.63) is 85.0 Å². The number of nitrogens with zero attached hydrogens (tertiary/aromatic N) is 6. The van der Waals surface area contributed by atoms with Crippen LogP contribution in [0.5, 0.6) is 5.75 Å². The van der Waals surface area contributed by atoms with Gasteiger partial charge >= 0.3 is 0 Å². The number of carbonyl (C=O) groups excluding carboxylic acids is 1. The fourth-order valence-electron chi connectivity index (χ4n) is 4.78. The molecule has 0 aliphatic carbocycles. The van der Waals surface area contributed by atoms with Crippen molar-refractivity contribution in [2.45, 2.75) is 19.1 Å². The molecule has 9 nitrogen and oxygen atoms in total. The Hall–Kier alpha value is -3.83. The summed E-state index contributed by atoms with van der Waals surface area (Å²) in [5.41, 5.74) is -0.685. The third-order valence-electron chi connectivity index (χ3n) is 6.80. The number of anilines is 1. The Morgan fingerprint density at radius 3 is 2.54 bits per heavy atom. The second-order valence-corrected chi connectivity index (χ2v) is 9.61. The molecule has 208 valence electrons. The molecule has 1 fully saturated rings. The maximum atomic E-state index is 14.8. The van der Waals surface area contributed by atoms with Gasteiger partial charge in [-0.3, -0.25) is 9.69 Å². The van der Waals surface area contributed by atoms with Gasteiger partial charge in [0.25, 0.3) is 0 Å². The summed E-state index contributed by atoms with van der Waals surface area (Å²) >= 11 is 0. The number of hydrogen-bond acceptors (Lipinski definition) is 7. The second kappa shape index (κ2) is 12.8. The van der Waals surface area contributed by atoms with E-state index >= 15 is 0 Å². The molecule has 0 bridgehead atoms. The van der Waals surface area contributed by atoms with E-state index in [0.29, 0.717) is 38.5 Å². The van der Waals surface area contributed by atoms with Crippen molar-refractivity contribution in [1.82, 2.24) is 24.6 Å². The topological polar surface area (TPSA) is 87.0 Å². The van der Waals surface area contributed by atoms with E-state index in [4.69, 9.17) is 4.74 Å². The highest BCUT2D eigenvalue weighted by atomic mass is 19.1. The highest BCUT2D eigenvalue weighted by Gasteiger charge is 2.35. The molecule has 1 aliphatic heterocycles. The summed E-state index contributed by atoms with van der Waals surface area (Å²) in [5.74, 6) is -0.763. The van der Waals surface area contributed by atoms with E-state index in [2.05, 4.69) is 21.6 Å². The number of rotatable bonds is 12. The predicted octanol–water partition coefficient (Wildman–Crippen LogP) is 2.68. The number of carbonyl (C=O) groups is 1. The standard InChI is InChI=1S/C28H34F2N6O3/c1-3-10-33(18-28(38,19-36-21-31-20-32-36)26-9-4-23(29)17-27(26)30)15-16-39-25-7-5-24(6-8-25)35-13-11-34(12-14-35)22(2)37/h3-9,17,20-21,38H,1,10-16,18-19H2,2H3. The van der Waals surface area contributed by atoms with Gasteiger partial charge in [0.05, 0.1) is 6.54 Å². The highest BCUT2D eigenvalue weighted by molar-refractivity contribution is 5.73. The molecule has 1 aliphatic rings. The van der Waals surface area contributed by atoms with Crippen molar-refractivity contribution in [1.29, 1.82) is 0 Å². The van der Waals surface area contributed by atoms with E-state index in [1.165, 1.54) is 23.4 Å². The van der Waals surface area contributed by atoms with Crippen LogP contribution in [0.4, 0.5) is 14.5 Å². The lowest BCUT2D eigenvalue weighted by Gasteiger charge is -2.35. The third kappa shape index (κ3) is 7.39. The number of aromatic nitrogens is 3. The van der Waals surface area contributed by atoms with Crippen molar-refractivity contribution in [2.24, 2.45) is 0 Å². The van der Waals surface area contributed by atoms with Crippen LogP contribution in [0.1, 0.15) is 12.5 Å². The monoisotopic (exact) mass is 540 g/mol. The van der Waals surface area contributed by atoms with Crippen molar-refractivity contribution in [3.63, 3.8) is 0 Å². The normalized spacial score (nSPS) is 15.3. The Balaban J connectivity index is 1.38. The molecule has 39 heavy (non-hydrogen) atoms. The Bertz CT molecular complexity index is 1230. The average molecular weight is 541 g/mol. The summed E-state index contributed by atoms with van der Waals surface area (Å²) in [5, 5.41) is 15.7. The minimum Gasteiger partial charge on any atom is -0.492 e. The number of piperazine rings is 1. The molecule has 2 aromatic carbocycles. The lowest BCUT2D eigenvalue weighted by molar-refractivity contribution is -0.129. The van der Waals surface area contributed by atoms with Gasteiger partial charge in [0, 0.05) is 70.1 Å². The lowest BCUT2D eigenvalue weighted by atomic mass is 9.92. The minimum absolute atomic E-state index is 0.0238. The van der Waals surface area contributed by atoms with Gasteiger partial charge in [-0.05, 0) is 30.3 Å². The van der Waals surface area contributed by atoms with Crippen molar-refractivity contribution >= 4 is 11.6 Å². The third-order valence-corrected chi connectivity index (χ3v) is 6.80. The quantitative estimate of drug-likeness (QED) is 0.354. The van der Waals surface area contributed by atoms with E-state index in [-0.39, 0.29) is 24.6 Å². The molecule has 1 unspecified atom stereocenters. The van der Waals surface area contributed by atoms with Gasteiger partial charge in [0.1, 0.15) is 42.2 Å². The van der Waals surface area contributed by atoms with Gasteiger partial charge < -0.3 is 19.6 Å². The molecule has 2 heterocycles. The zero-order valence-electron chi connectivity index (χ0n) is 22.0. The molecular formula is C28H34F2N6O3. The first-order valence-electron chi connectivity index (χ1n) is 12.8. The number of ether oxygens (including phenoxy) is 1. The smallest absolute Gasteiger partial charge is 0.219 e. The molecule has 1 amide bonds. The number of hydrogen-bond donors (Lipinski definition) is 1. The molecule has 1 atom stereocenters. The van der Waals surface area contributed by atoms with Gasteiger partial charge in [-0.15, -0.1) is 6.58 Å². The summed E-state index contributed by atoms with van der Waals surface area (Å²) in [4.78, 5) is 21.4. The van der Waals surface area contributed by atoms with Gasteiger partial charge in [-0.1, -0.05) is 12.1 Å². The van der Waals surface area contributed by atoms with E-state index in [1.54, 1.807) is 13.0 Å². The van der Waals surface area contributed by atoms with Crippen molar-refractivity contribution < 1.29 is 23.4 Å². The first kappa shape index (κ1) is 28.2. The van der Waals surface area contributed by atoms with E-state index in [0.717, 1.165) is 30.9 Å². The molecule has 4 rings (SSSR count). The molecule has 1 aromatic heterocycles. The Labute approximate surface area is 226 Å². The number of halogens is 2. The summed E-state index contributed by atoms with van der Waals surface area (Å²) in [7, 11) is 0. The van der Waals surface area contributed by atoms with Crippen molar-refractivity contribution in [2.75, 3.05) is 57.3 Å². The molecule has 11 heteroatoms. The number of aliphatic hydroxyl groups is 1. The van der Waals surface area contributed by atoms with Gasteiger partial charge in [-0.25, -0.2) is 18.4 Å². The number of amides is 1. The van der Waals surface area contributed by atoms with Crippen LogP contribution in [0, 0.1) is 11.6 Å². The van der Waals surface area contributed by atoms with E-state index < -0.39 is 17.2 Å². The van der Waals surface area contributed by atoms with Crippen LogP contribution < -0.4 is 9.64 Å². The average Bonchev–Trinajstić information content (AvgIpc) is 3.42. The summed E-state index contributed by atoms with van der Waals surface area (Å²) in [6.45, 7) is 9.46. The van der Waals surface area contributed by atoms with E-state index in [1.807, 2.05) is 34.1 Å². The molecule has 0 saturated carbocycles. The first-order valence-corrected chi connectivity index (χ1v) is 12.8. The van der Waals surface area contributed by atoms with E-state index in [9.17, 15) is 18.7 Å². The van der Waals surface area contributed by atoms with Crippen molar-refractivity contribution in [3.8, 4) is 5.75 Å². The Kier molecular flexibility index (Phi) is 9.26. The zero-order chi connectivity index (χ0) is 27.8. The zero-order valence-corrected chi connectivity index (χ0v) is 22.0. The first-order chi connectivity index (χ1) is 18.8. The van der Waals surface area contributed by atoms with Crippen LogP contribution in [0.25, 0.3) is 0 Å². The van der Waals surface area contributed by atoms with Gasteiger partial charge in [0.2, 0.25) is 5.91 Å². The highest BCUT2D eigenvalue weighted by Crippen LogP contribution is 2.28. The molecular weight excluding hydrogens is 506 g/mol. The van der Waals surface area contributed by atoms with Crippen LogP contribution in [0.3, 0.4) is 0 Å². The fourth-order valence-corrected chi connectivity index (χ4v) is 4.78. The van der Waals surface area contributed by atoms with Crippen LogP contribution in [-0.4, -0.2) is 88.0 Å². The Morgan fingerprint density at radius 2 is 1.92 bits per heavy atom. The summed E-state index contributed by atoms with van der Waals surface area (Å²) < 4.78 is 35.7. The molecule has 0 radical (unpaired) electrons. The van der Waals surface area contributed by atoms with Crippen LogP contribution in [-0.2, 0) is 16.9 Å². The maximum Gasteiger partial charge on any atom is 0.219 e. The largest absolute Gasteiger partial charge is 0.492 e.